The summed E-state index contributed by atoms with van der Waals surface area (Å²) in [5.41, 5.74) is 23.9. The predicted octanol–water partition coefficient (Wildman–Crippen LogP) is 16.3. The maximum absolute atomic E-state index is 2.48. The van der Waals surface area contributed by atoms with E-state index in [0.717, 1.165) is 17.1 Å². The maximum atomic E-state index is 2.48. The number of nitrogens with zero attached hydrogens (tertiary/aromatic N) is 1. The molecule has 0 heterocycles. The van der Waals surface area contributed by atoms with E-state index in [-0.39, 0.29) is 5.41 Å². The van der Waals surface area contributed by atoms with Gasteiger partial charge in [-0.1, -0.05) is 208 Å². The third-order valence-corrected chi connectivity index (χ3v) is 14.5. The van der Waals surface area contributed by atoms with E-state index in [1.54, 1.807) is 0 Å². The summed E-state index contributed by atoms with van der Waals surface area (Å²) in [5, 5.41) is 2.44. The van der Waals surface area contributed by atoms with Crippen LogP contribution in [0.3, 0.4) is 0 Å². The van der Waals surface area contributed by atoms with Crippen molar-refractivity contribution in [3.8, 4) is 55.6 Å². The van der Waals surface area contributed by atoms with Crippen molar-refractivity contribution in [1.82, 2.24) is 0 Å². The van der Waals surface area contributed by atoms with Gasteiger partial charge in [0.25, 0.3) is 0 Å². The fourth-order valence-electron chi connectivity index (χ4n) is 11.8. The summed E-state index contributed by atoms with van der Waals surface area (Å²) in [6.07, 6.45) is 0. The zero-order valence-corrected chi connectivity index (χ0v) is 35.3. The van der Waals surface area contributed by atoms with Gasteiger partial charge in [-0.3, -0.25) is 0 Å². The third kappa shape index (κ3) is 4.94. The lowest BCUT2D eigenvalue weighted by molar-refractivity contribution is 0.660. The predicted molar refractivity (Wildman–Crippen MR) is 263 cm³/mol. The molecule has 296 valence electrons. The molecule has 1 nitrogen and oxygen atoms in total. The highest BCUT2D eigenvalue weighted by atomic mass is 15.1. The molecular formula is C62H43N. The molecule has 1 spiro atoms. The summed E-state index contributed by atoms with van der Waals surface area (Å²) in [7, 11) is 0. The van der Waals surface area contributed by atoms with Crippen molar-refractivity contribution in [2.24, 2.45) is 0 Å². The molecule has 1 heteroatoms. The van der Waals surface area contributed by atoms with E-state index in [0.29, 0.717) is 0 Å². The highest BCUT2D eigenvalue weighted by molar-refractivity contribution is 6.09. The number of hydrogen-bond acceptors (Lipinski definition) is 1. The molecule has 0 N–H and O–H groups in total. The zero-order valence-electron chi connectivity index (χ0n) is 35.3. The van der Waals surface area contributed by atoms with Gasteiger partial charge < -0.3 is 4.90 Å². The van der Waals surface area contributed by atoms with Gasteiger partial charge in [0.1, 0.15) is 0 Å². The molecule has 0 bridgehead atoms. The van der Waals surface area contributed by atoms with Gasteiger partial charge in [0.15, 0.2) is 0 Å². The Morgan fingerprint density at radius 2 is 0.746 bits per heavy atom. The minimum Gasteiger partial charge on any atom is -0.310 e. The van der Waals surface area contributed by atoms with Crippen LogP contribution < -0.4 is 4.90 Å². The summed E-state index contributed by atoms with van der Waals surface area (Å²) < 4.78 is 0. The lowest BCUT2D eigenvalue weighted by atomic mass is 9.68. The Morgan fingerprint density at radius 3 is 1.40 bits per heavy atom. The normalized spacial score (nSPS) is 14.1. The van der Waals surface area contributed by atoms with E-state index < -0.39 is 5.41 Å². The minimum absolute atomic E-state index is 0.130. The molecule has 0 radical (unpaired) electrons. The van der Waals surface area contributed by atoms with Crippen LogP contribution in [-0.2, 0) is 10.8 Å². The number of benzene rings is 10. The molecule has 10 aromatic carbocycles. The summed E-state index contributed by atoms with van der Waals surface area (Å²) in [4.78, 5) is 2.48. The largest absolute Gasteiger partial charge is 0.310 e. The molecule has 0 aromatic heterocycles. The first-order valence-electron chi connectivity index (χ1n) is 22.2. The molecule has 3 aliphatic carbocycles. The second kappa shape index (κ2) is 13.4. The highest BCUT2D eigenvalue weighted by Crippen LogP contribution is 2.65. The topological polar surface area (TPSA) is 3.24 Å². The molecule has 63 heavy (non-hydrogen) atoms. The molecule has 0 aliphatic heterocycles. The van der Waals surface area contributed by atoms with Crippen LogP contribution in [0.15, 0.2) is 224 Å². The summed E-state index contributed by atoms with van der Waals surface area (Å²) in [6, 6.07) is 84.0. The van der Waals surface area contributed by atoms with Crippen molar-refractivity contribution in [1.29, 1.82) is 0 Å². The van der Waals surface area contributed by atoms with Gasteiger partial charge in [-0.2, -0.15) is 0 Å². The fraction of sp³-hybridized carbons (Fsp3) is 0.0645. The van der Waals surface area contributed by atoms with Gasteiger partial charge in [-0.25, -0.2) is 0 Å². The van der Waals surface area contributed by atoms with Gasteiger partial charge in [0.05, 0.1) is 11.1 Å². The Balaban J connectivity index is 1.04. The monoisotopic (exact) mass is 801 g/mol. The lowest BCUT2D eigenvalue weighted by Gasteiger charge is -2.33. The number of fused-ring (bicyclic) bond motifs is 14. The van der Waals surface area contributed by atoms with Crippen LogP contribution in [0.2, 0.25) is 0 Å². The van der Waals surface area contributed by atoms with Gasteiger partial charge in [-0.15, -0.1) is 0 Å². The molecule has 0 fully saturated rings. The van der Waals surface area contributed by atoms with E-state index in [1.807, 2.05) is 0 Å². The average Bonchev–Trinajstić information content (AvgIpc) is 3.91. The van der Waals surface area contributed by atoms with Crippen LogP contribution in [0.1, 0.15) is 47.2 Å². The number of hydrogen-bond donors (Lipinski definition) is 0. The van der Waals surface area contributed by atoms with Crippen LogP contribution in [0.5, 0.6) is 0 Å². The Kier molecular flexibility index (Phi) is 7.64. The number of anilines is 3. The van der Waals surface area contributed by atoms with Crippen LogP contribution >= 0.6 is 0 Å². The smallest absolute Gasteiger partial charge is 0.0731 e. The molecule has 0 unspecified atom stereocenters. The van der Waals surface area contributed by atoms with E-state index >= 15 is 0 Å². The molecule has 0 atom stereocenters. The maximum Gasteiger partial charge on any atom is 0.0731 e. The van der Waals surface area contributed by atoms with E-state index in [4.69, 9.17) is 0 Å². The quantitative estimate of drug-likeness (QED) is 0.168. The van der Waals surface area contributed by atoms with E-state index in [2.05, 4.69) is 243 Å². The fourth-order valence-corrected chi connectivity index (χ4v) is 11.8. The van der Waals surface area contributed by atoms with Crippen molar-refractivity contribution in [2.75, 3.05) is 4.90 Å². The van der Waals surface area contributed by atoms with Gasteiger partial charge in [0, 0.05) is 22.2 Å². The third-order valence-electron chi connectivity index (χ3n) is 14.5. The van der Waals surface area contributed by atoms with Gasteiger partial charge >= 0.3 is 0 Å². The van der Waals surface area contributed by atoms with Crippen LogP contribution in [0.4, 0.5) is 17.1 Å². The Morgan fingerprint density at radius 1 is 0.302 bits per heavy atom. The first-order chi connectivity index (χ1) is 31.0. The van der Waals surface area contributed by atoms with Crippen molar-refractivity contribution in [3.05, 3.63) is 258 Å². The average molecular weight is 802 g/mol. The lowest BCUT2D eigenvalue weighted by Crippen LogP contribution is -2.26. The molecule has 0 amide bonds. The molecule has 10 aromatic rings. The summed E-state index contributed by atoms with van der Waals surface area (Å²) in [6.45, 7) is 4.74. The van der Waals surface area contributed by atoms with Crippen molar-refractivity contribution < 1.29 is 0 Å². The van der Waals surface area contributed by atoms with Crippen LogP contribution in [0.25, 0.3) is 66.4 Å². The first-order valence-corrected chi connectivity index (χ1v) is 22.2. The van der Waals surface area contributed by atoms with Gasteiger partial charge in [0.2, 0.25) is 0 Å². The molecule has 0 saturated heterocycles. The highest BCUT2D eigenvalue weighted by Gasteiger charge is 2.52. The van der Waals surface area contributed by atoms with Crippen molar-refractivity contribution in [2.45, 2.75) is 24.7 Å². The first kappa shape index (κ1) is 36.0. The molecule has 13 rings (SSSR count). The van der Waals surface area contributed by atoms with Crippen molar-refractivity contribution >= 4 is 27.8 Å². The van der Waals surface area contributed by atoms with Crippen LogP contribution in [0, 0.1) is 0 Å². The Bertz CT molecular complexity index is 3420. The molecular weight excluding hydrogens is 759 g/mol. The van der Waals surface area contributed by atoms with Crippen molar-refractivity contribution in [3.63, 3.8) is 0 Å². The second-order valence-corrected chi connectivity index (χ2v) is 17.9. The summed E-state index contributed by atoms with van der Waals surface area (Å²) in [5.74, 6) is 0. The molecule has 3 aliphatic rings. The standard InChI is InChI=1S/C62H43N/c1-61(2)54-27-12-8-20-46(54)50-36-35-43(39-58(50)61)63(42-33-31-41(32-34-42)40-17-4-3-5-18-40)59-38-37-45(44-19-6-7-24-51(44)59)52-25-16-26-53-49-23-11-15-30-57(49)62(60(52)53)55-28-13-9-21-47(55)48-22-10-14-29-56(48)62/h3-39H,1-2H3. The van der Waals surface area contributed by atoms with E-state index in [1.165, 1.54) is 99.8 Å². The number of rotatable bonds is 5. The Hall–Kier alpha value is -7.74. The Labute approximate surface area is 369 Å². The molecule has 0 saturated carbocycles. The minimum atomic E-state index is -0.448. The second-order valence-electron chi connectivity index (χ2n) is 17.9. The zero-order chi connectivity index (χ0) is 41.9. The summed E-state index contributed by atoms with van der Waals surface area (Å²) >= 11 is 0. The SMILES string of the molecule is CC1(C)c2ccccc2-c2ccc(N(c3ccc(-c4ccccc4)cc3)c3ccc(-c4cccc5c4C4(c6ccccc6-c6ccccc64)c4ccccc4-5)c4ccccc34)cc21. The van der Waals surface area contributed by atoms with E-state index in [9.17, 15) is 0 Å². The van der Waals surface area contributed by atoms with Crippen LogP contribution in [-0.4, -0.2) is 0 Å². The van der Waals surface area contributed by atoms with Gasteiger partial charge in [-0.05, 0) is 125 Å².